The Hall–Kier alpha value is -3.22. The van der Waals surface area contributed by atoms with Crippen LogP contribution in [-0.2, 0) is 10.0 Å². The third-order valence-corrected chi connectivity index (χ3v) is 4.26. The molecule has 0 radical (unpaired) electrons. The molecular formula is C15H11N5O3S. The topological polar surface area (TPSA) is 115 Å². The summed E-state index contributed by atoms with van der Waals surface area (Å²) in [5.41, 5.74) is 1.20. The SMILES string of the molecule is [C-]#[N+]c1ccc(-c2c[nH]n(-c3ccc(S(N)(=O)=O)cn3)c2=O)cc1. The van der Waals surface area contributed by atoms with Crippen LogP contribution >= 0.6 is 0 Å². The lowest BCUT2D eigenvalue weighted by atomic mass is 10.1. The van der Waals surface area contributed by atoms with Crippen molar-refractivity contribution in [1.82, 2.24) is 14.8 Å². The molecule has 2 heterocycles. The molecule has 0 fully saturated rings. The van der Waals surface area contributed by atoms with Crippen molar-refractivity contribution in [1.29, 1.82) is 0 Å². The molecule has 0 aliphatic rings. The van der Waals surface area contributed by atoms with Crippen molar-refractivity contribution < 1.29 is 8.42 Å². The van der Waals surface area contributed by atoms with E-state index < -0.39 is 10.0 Å². The van der Waals surface area contributed by atoms with Crippen molar-refractivity contribution in [3.8, 4) is 16.9 Å². The first-order valence-electron chi connectivity index (χ1n) is 6.68. The summed E-state index contributed by atoms with van der Waals surface area (Å²) in [5.74, 6) is 0.233. The van der Waals surface area contributed by atoms with E-state index in [1.165, 1.54) is 23.0 Å². The number of benzene rings is 1. The van der Waals surface area contributed by atoms with Gasteiger partial charge in [-0.25, -0.2) is 28.1 Å². The van der Waals surface area contributed by atoms with Crippen molar-refractivity contribution in [3.05, 3.63) is 70.6 Å². The van der Waals surface area contributed by atoms with Gasteiger partial charge in [-0.3, -0.25) is 9.89 Å². The second kappa shape index (κ2) is 5.77. The second-order valence-electron chi connectivity index (χ2n) is 4.88. The number of hydrogen-bond acceptors (Lipinski definition) is 4. The number of nitrogens with zero attached hydrogens (tertiary/aromatic N) is 3. The average molecular weight is 341 g/mol. The van der Waals surface area contributed by atoms with Crippen molar-refractivity contribution in [2.45, 2.75) is 4.90 Å². The first-order valence-corrected chi connectivity index (χ1v) is 8.22. The smallest absolute Gasteiger partial charge is 0.280 e. The minimum Gasteiger partial charge on any atom is -0.296 e. The molecule has 2 aromatic heterocycles. The number of primary sulfonamides is 1. The molecule has 0 aliphatic heterocycles. The lowest BCUT2D eigenvalue weighted by Crippen LogP contribution is -2.18. The van der Waals surface area contributed by atoms with Gasteiger partial charge in [0, 0.05) is 12.4 Å². The Balaban J connectivity index is 2.01. The Bertz CT molecular complexity index is 1090. The molecule has 24 heavy (non-hydrogen) atoms. The second-order valence-corrected chi connectivity index (χ2v) is 6.44. The van der Waals surface area contributed by atoms with Crippen molar-refractivity contribution in [3.63, 3.8) is 0 Å². The van der Waals surface area contributed by atoms with E-state index in [9.17, 15) is 13.2 Å². The molecule has 0 saturated heterocycles. The molecule has 8 nitrogen and oxygen atoms in total. The summed E-state index contributed by atoms with van der Waals surface area (Å²) in [5, 5.41) is 7.79. The Morgan fingerprint density at radius 1 is 1.17 bits per heavy atom. The molecule has 3 rings (SSSR count). The van der Waals surface area contributed by atoms with E-state index in [2.05, 4.69) is 14.9 Å². The molecule has 0 unspecified atom stereocenters. The maximum atomic E-state index is 12.5. The number of nitrogens with two attached hydrogens (primary N) is 1. The zero-order chi connectivity index (χ0) is 17.3. The van der Waals surface area contributed by atoms with Gasteiger partial charge >= 0.3 is 0 Å². The molecule has 3 aromatic rings. The van der Waals surface area contributed by atoms with Gasteiger partial charge in [0.15, 0.2) is 11.5 Å². The van der Waals surface area contributed by atoms with Gasteiger partial charge in [0.25, 0.3) is 5.56 Å². The van der Waals surface area contributed by atoms with Crippen LogP contribution in [0.5, 0.6) is 0 Å². The summed E-state index contributed by atoms with van der Waals surface area (Å²) >= 11 is 0. The van der Waals surface area contributed by atoms with E-state index >= 15 is 0 Å². The van der Waals surface area contributed by atoms with Crippen LogP contribution in [0, 0.1) is 6.57 Å². The van der Waals surface area contributed by atoms with E-state index in [-0.39, 0.29) is 16.3 Å². The Labute approximate surface area is 137 Å². The van der Waals surface area contributed by atoms with Crippen LogP contribution in [0.1, 0.15) is 0 Å². The van der Waals surface area contributed by atoms with Crippen molar-refractivity contribution in [2.24, 2.45) is 5.14 Å². The van der Waals surface area contributed by atoms with Crippen molar-refractivity contribution >= 4 is 15.7 Å². The summed E-state index contributed by atoms with van der Waals surface area (Å²) in [4.78, 5) is 19.6. The molecule has 0 amide bonds. The van der Waals surface area contributed by atoms with Gasteiger partial charge in [0.2, 0.25) is 10.0 Å². The van der Waals surface area contributed by atoms with Crippen LogP contribution in [0.2, 0.25) is 0 Å². The molecule has 3 N–H and O–H groups in total. The summed E-state index contributed by atoms with van der Waals surface area (Å²) in [6, 6.07) is 9.26. The summed E-state index contributed by atoms with van der Waals surface area (Å²) in [7, 11) is -3.84. The van der Waals surface area contributed by atoms with Gasteiger partial charge in [-0.15, -0.1) is 0 Å². The molecule has 9 heteroatoms. The summed E-state index contributed by atoms with van der Waals surface area (Å²) < 4.78 is 23.6. The maximum Gasteiger partial charge on any atom is 0.280 e. The van der Waals surface area contributed by atoms with Crippen LogP contribution in [0.15, 0.2) is 58.5 Å². The van der Waals surface area contributed by atoms with Gasteiger partial charge in [-0.2, -0.15) is 0 Å². The number of sulfonamides is 1. The lowest BCUT2D eigenvalue weighted by molar-refractivity contribution is 0.597. The number of nitrogens with one attached hydrogen (secondary N) is 1. The number of hydrogen-bond donors (Lipinski definition) is 2. The zero-order valence-electron chi connectivity index (χ0n) is 12.2. The van der Waals surface area contributed by atoms with Crippen LogP contribution in [-0.4, -0.2) is 23.2 Å². The quantitative estimate of drug-likeness (QED) is 0.701. The van der Waals surface area contributed by atoms with E-state index in [1.807, 2.05) is 0 Å². The zero-order valence-corrected chi connectivity index (χ0v) is 13.0. The van der Waals surface area contributed by atoms with Gasteiger partial charge in [0.1, 0.15) is 4.90 Å². The molecule has 1 aromatic carbocycles. The molecule has 120 valence electrons. The number of aromatic nitrogens is 3. The highest BCUT2D eigenvalue weighted by molar-refractivity contribution is 7.89. The van der Waals surface area contributed by atoms with Crippen molar-refractivity contribution in [2.75, 3.05) is 0 Å². The van der Waals surface area contributed by atoms with Gasteiger partial charge < -0.3 is 0 Å². The molecule has 0 aliphatic carbocycles. The Morgan fingerprint density at radius 3 is 2.42 bits per heavy atom. The predicted octanol–water partition coefficient (Wildman–Crippen LogP) is 1.43. The highest BCUT2D eigenvalue weighted by Crippen LogP contribution is 2.20. The highest BCUT2D eigenvalue weighted by atomic mass is 32.2. The molecule has 0 bridgehead atoms. The highest BCUT2D eigenvalue weighted by Gasteiger charge is 2.13. The normalized spacial score (nSPS) is 11.2. The lowest BCUT2D eigenvalue weighted by Gasteiger charge is -2.02. The molecule has 0 spiro atoms. The monoisotopic (exact) mass is 341 g/mol. The van der Waals surface area contributed by atoms with Crippen LogP contribution in [0.25, 0.3) is 21.8 Å². The number of rotatable bonds is 3. The van der Waals surface area contributed by atoms with E-state index in [0.717, 1.165) is 6.20 Å². The summed E-state index contributed by atoms with van der Waals surface area (Å²) in [6.07, 6.45) is 2.60. The Morgan fingerprint density at radius 2 is 1.88 bits per heavy atom. The number of aromatic amines is 1. The molecule has 0 atom stereocenters. The third-order valence-electron chi connectivity index (χ3n) is 3.36. The number of pyridine rings is 1. The molecule has 0 saturated carbocycles. The first-order chi connectivity index (χ1) is 11.4. The van der Waals surface area contributed by atoms with E-state index in [1.54, 1.807) is 24.3 Å². The van der Waals surface area contributed by atoms with Crippen LogP contribution in [0.3, 0.4) is 0 Å². The fourth-order valence-electron chi connectivity index (χ4n) is 2.14. The summed E-state index contributed by atoms with van der Waals surface area (Å²) in [6.45, 7) is 6.93. The maximum absolute atomic E-state index is 12.5. The standard InChI is InChI=1S/C15H11N5O3S/c1-17-11-4-2-10(3-5-11)13-9-19-20(15(13)21)14-7-6-12(8-18-14)24(16,22)23/h2-9,19H,(H2,16,22,23). The van der Waals surface area contributed by atoms with Crippen LogP contribution in [0.4, 0.5) is 5.69 Å². The largest absolute Gasteiger partial charge is 0.296 e. The van der Waals surface area contributed by atoms with Gasteiger partial charge in [0.05, 0.1) is 12.1 Å². The average Bonchev–Trinajstić information content (AvgIpc) is 2.96. The minimum atomic E-state index is -3.84. The predicted molar refractivity (Wildman–Crippen MR) is 87.3 cm³/mol. The first kappa shape index (κ1) is 15.7. The Kier molecular flexibility index (Phi) is 3.76. The molecular weight excluding hydrogens is 330 g/mol. The van der Waals surface area contributed by atoms with E-state index in [4.69, 9.17) is 11.7 Å². The fourth-order valence-corrected chi connectivity index (χ4v) is 2.59. The fraction of sp³-hybridized carbons (Fsp3) is 0. The third kappa shape index (κ3) is 2.83. The van der Waals surface area contributed by atoms with Crippen LogP contribution < -0.4 is 10.7 Å². The van der Waals surface area contributed by atoms with Gasteiger partial charge in [-0.1, -0.05) is 24.3 Å². The van der Waals surface area contributed by atoms with E-state index in [0.29, 0.717) is 16.8 Å². The van der Waals surface area contributed by atoms with Gasteiger partial charge in [-0.05, 0) is 17.7 Å². The minimum absolute atomic E-state index is 0.138. The number of H-pyrrole nitrogens is 1.